The number of likely N-dealkylation sites (N-methyl/N-ethyl adjacent to an activating group) is 1. The topological polar surface area (TPSA) is 87.2 Å². The number of carbonyl (C=O) groups is 4. The Bertz CT molecular complexity index is 1310. The molecule has 2 aromatic carbocycles. The second-order valence-corrected chi connectivity index (χ2v) is 12.5. The van der Waals surface area contributed by atoms with Crippen LogP contribution in [0.5, 0.6) is 0 Å². The summed E-state index contributed by atoms with van der Waals surface area (Å²) in [7, 11) is 1.74. The molecule has 0 unspecified atom stereocenters. The van der Waals surface area contributed by atoms with Gasteiger partial charge in [0.05, 0.1) is 16.6 Å². The largest absolute Gasteiger partial charge is 0.444 e. The van der Waals surface area contributed by atoms with Crippen LogP contribution in [0, 0.1) is 0 Å². The molecular weight excluding hydrogens is 577 g/mol. The van der Waals surface area contributed by atoms with Gasteiger partial charge in [-0.05, 0) is 69.2 Å². The number of amides is 3. The summed E-state index contributed by atoms with van der Waals surface area (Å²) in [4.78, 5) is 56.9. The Hall–Kier alpha value is -2.81. The van der Waals surface area contributed by atoms with Gasteiger partial charge >= 0.3 is 6.09 Å². The Balaban J connectivity index is 1.60. The number of ketones is 1. The van der Waals surface area contributed by atoms with E-state index in [2.05, 4.69) is 0 Å². The number of rotatable bonds is 4. The van der Waals surface area contributed by atoms with E-state index in [4.69, 9.17) is 39.5 Å². The first-order valence-electron chi connectivity index (χ1n) is 13.0. The third kappa shape index (κ3) is 6.73. The van der Waals surface area contributed by atoms with Crippen LogP contribution in [-0.2, 0) is 14.3 Å². The van der Waals surface area contributed by atoms with Crippen molar-refractivity contribution in [1.82, 2.24) is 14.7 Å². The van der Waals surface area contributed by atoms with Gasteiger partial charge in [0.25, 0.3) is 5.91 Å². The molecule has 0 bridgehead atoms. The summed E-state index contributed by atoms with van der Waals surface area (Å²) in [6, 6.07) is 10.8. The smallest absolute Gasteiger partial charge is 0.411 e. The van der Waals surface area contributed by atoms with Crippen LogP contribution in [0.4, 0.5) is 4.79 Å². The minimum Gasteiger partial charge on any atom is -0.444 e. The van der Waals surface area contributed by atoms with Crippen LogP contribution in [0.3, 0.4) is 0 Å². The molecule has 2 heterocycles. The molecule has 2 saturated heterocycles. The molecule has 0 radical (unpaired) electrons. The highest BCUT2D eigenvalue weighted by Crippen LogP contribution is 2.35. The van der Waals surface area contributed by atoms with E-state index in [-0.39, 0.29) is 49.1 Å². The summed E-state index contributed by atoms with van der Waals surface area (Å²) in [5.74, 6) is -1.01. The van der Waals surface area contributed by atoms with Crippen LogP contribution in [0.25, 0.3) is 0 Å². The third-order valence-corrected chi connectivity index (χ3v) is 8.22. The zero-order chi connectivity index (χ0) is 29.4. The lowest BCUT2D eigenvalue weighted by molar-refractivity contribution is -0.138. The van der Waals surface area contributed by atoms with E-state index >= 15 is 0 Å². The number of piperidine rings is 1. The zero-order valence-corrected chi connectivity index (χ0v) is 25.1. The highest BCUT2D eigenvalue weighted by atomic mass is 35.5. The van der Waals surface area contributed by atoms with Gasteiger partial charge in [-0.2, -0.15) is 0 Å². The molecule has 2 aromatic rings. The number of halogens is 3. The highest BCUT2D eigenvalue weighted by Gasteiger charge is 2.45. The van der Waals surface area contributed by atoms with Crippen LogP contribution in [-0.4, -0.2) is 82.8 Å². The molecule has 0 aliphatic carbocycles. The average Bonchev–Trinajstić information content (AvgIpc) is 3.30. The van der Waals surface area contributed by atoms with Crippen LogP contribution in [0.15, 0.2) is 42.5 Å². The molecule has 4 rings (SSSR count). The van der Waals surface area contributed by atoms with E-state index in [9.17, 15) is 19.2 Å². The van der Waals surface area contributed by atoms with Gasteiger partial charge in [0, 0.05) is 49.1 Å². The molecule has 2 aliphatic heterocycles. The van der Waals surface area contributed by atoms with Crippen molar-refractivity contribution in [2.75, 3.05) is 26.7 Å². The maximum atomic E-state index is 13.8. The molecule has 214 valence electrons. The molecule has 0 saturated carbocycles. The zero-order valence-electron chi connectivity index (χ0n) is 22.8. The molecule has 0 spiro atoms. The lowest BCUT2D eigenvalue weighted by Crippen LogP contribution is -2.55. The van der Waals surface area contributed by atoms with Gasteiger partial charge in [0.2, 0.25) is 5.91 Å². The highest BCUT2D eigenvalue weighted by molar-refractivity contribution is 6.42. The first-order chi connectivity index (χ1) is 18.7. The fourth-order valence-corrected chi connectivity index (χ4v) is 5.69. The molecule has 2 fully saturated rings. The molecule has 40 heavy (non-hydrogen) atoms. The van der Waals surface area contributed by atoms with Crippen molar-refractivity contribution in [2.24, 2.45) is 0 Å². The quantitative estimate of drug-likeness (QED) is 0.446. The number of hydrogen-bond acceptors (Lipinski definition) is 5. The van der Waals surface area contributed by atoms with Crippen LogP contribution in [0.2, 0.25) is 15.1 Å². The number of nitrogens with zero attached hydrogens (tertiary/aromatic N) is 3. The molecule has 0 N–H and O–H groups in total. The Morgan fingerprint density at radius 3 is 2.30 bits per heavy atom. The van der Waals surface area contributed by atoms with Crippen LogP contribution in [0.1, 0.15) is 55.5 Å². The maximum Gasteiger partial charge on any atom is 0.411 e. The number of hydrogen-bond donors (Lipinski definition) is 0. The minimum atomic E-state index is -0.943. The predicted molar refractivity (Wildman–Crippen MR) is 154 cm³/mol. The van der Waals surface area contributed by atoms with Crippen molar-refractivity contribution in [1.29, 1.82) is 0 Å². The van der Waals surface area contributed by atoms with Crippen molar-refractivity contribution in [3.8, 4) is 0 Å². The van der Waals surface area contributed by atoms with E-state index in [1.54, 1.807) is 74.0 Å². The van der Waals surface area contributed by atoms with Gasteiger partial charge < -0.3 is 14.5 Å². The Labute approximate surface area is 249 Å². The summed E-state index contributed by atoms with van der Waals surface area (Å²) < 4.78 is 5.46. The lowest BCUT2D eigenvalue weighted by atomic mass is 9.84. The lowest BCUT2D eigenvalue weighted by Gasteiger charge is -2.44. The van der Waals surface area contributed by atoms with Crippen LogP contribution < -0.4 is 0 Å². The number of Topliss-reactive ketones (excluding diaryl/α,β-unsaturated/α-hetero) is 1. The van der Waals surface area contributed by atoms with Gasteiger partial charge in [-0.1, -0.05) is 40.9 Å². The molecule has 11 heteroatoms. The monoisotopic (exact) mass is 607 g/mol. The summed E-state index contributed by atoms with van der Waals surface area (Å²) in [6.45, 7) is 5.62. The predicted octanol–water partition coefficient (Wildman–Crippen LogP) is 5.68. The van der Waals surface area contributed by atoms with Crippen LogP contribution >= 0.6 is 34.8 Å². The maximum absolute atomic E-state index is 13.8. The van der Waals surface area contributed by atoms with Crippen molar-refractivity contribution in [2.45, 2.75) is 57.2 Å². The van der Waals surface area contributed by atoms with Crippen molar-refractivity contribution in [3.05, 3.63) is 68.7 Å². The fraction of sp³-hybridized carbons (Fsp3) is 0.448. The number of ether oxygens (including phenoxy) is 1. The second kappa shape index (κ2) is 12.0. The van der Waals surface area contributed by atoms with Gasteiger partial charge in [0.1, 0.15) is 11.6 Å². The first kappa shape index (κ1) is 30.2. The molecule has 2 aliphatic rings. The van der Waals surface area contributed by atoms with E-state index in [0.29, 0.717) is 33.6 Å². The molecular formula is C29H32Cl3N3O5. The van der Waals surface area contributed by atoms with E-state index in [0.717, 1.165) is 5.56 Å². The van der Waals surface area contributed by atoms with Crippen molar-refractivity contribution < 1.29 is 23.9 Å². The molecule has 3 amide bonds. The molecule has 0 aromatic heterocycles. The Morgan fingerprint density at radius 1 is 1.00 bits per heavy atom. The van der Waals surface area contributed by atoms with Gasteiger partial charge in [-0.3, -0.25) is 19.3 Å². The van der Waals surface area contributed by atoms with Crippen molar-refractivity contribution in [3.63, 3.8) is 0 Å². The summed E-state index contributed by atoms with van der Waals surface area (Å²) in [5.41, 5.74) is 0.546. The van der Waals surface area contributed by atoms with Gasteiger partial charge in [-0.25, -0.2) is 4.79 Å². The SMILES string of the molecule is CN(C(=O)c1ccc(Cl)cc1)[C@@H]1CCN(C(=O)[C@H]2CC(=O)CN2C(=O)OC(C)(C)C)C[C@H]1c1ccc(Cl)c(Cl)c1. The van der Waals surface area contributed by atoms with Gasteiger partial charge in [0.15, 0.2) is 5.78 Å². The molecule has 8 nitrogen and oxygen atoms in total. The second-order valence-electron chi connectivity index (χ2n) is 11.2. The fourth-order valence-electron chi connectivity index (χ4n) is 5.26. The van der Waals surface area contributed by atoms with E-state index in [1.165, 1.54) is 4.90 Å². The summed E-state index contributed by atoms with van der Waals surface area (Å²) >= 11 is 18.5. The normalized spacial score (nSPS) is 21.4. The van der Waals surface area contributed by atoms with Gasteiger partial charge in [-0.15, -0.1) is 0 Å². The standard InChI is InChI=1S/C29H32Cl3N3O5/c1-29(2,3)40-28(39)35-15-20(36)14-25(35)27(38)34-12-11-24(21(16-34)18-7-10-22(31)23(32)13-18)33(4)26(37)17-5-8-19(30)9-6-17/h5-10,13,21,24-25H,11-12,14-16H2,1-4H3/t21-,24+,25+/m0/s1. The first-order valence-corrected chi connectivity index (χ1v) is 14.2. The minimum absolute atomic E-state index is 0.0651. The number of benzene rings is 2. The third-order valence-electron chi connectivity index (χ3n) is 7.23. The summed E-state index contributed by atoms with van der Waals surface area (Å²) in [6.07, 6.45) is -0.287. The Kier molecular flexibility index (Phi) is 9.02. The average molecular weight is 609 g/mol. The Morgan fingerprint density at radius 2 is 1.68 bits per heavy atom. The number of likely N-dealkylation sites (tertiary alicyclic amines) is 2. The summed E-state index contributed by atoms with van der Waals surface area (Å²) in [5, 5.41) is 1.30. The van der Waals surface area contributed by atoms with Crippen molar-refractivity contribution >= 4 is 58.5 Å². The number of carbonyl (C=O) groups excluding carboxylic acids is 4. The van der Waals surface area contributed by atoms with E-state index in [1.807, 2.05) is 6.07 Å². The van der Waals surface area contributed by atoms with E-state index < -0.39 is 17.7 Å². The molecule has 3 atom stereocenters.